The molecule has 0 aliphatic carbocycles. The van der Waals surface area contributed by atoms with Crippen LogP contribution in [0.25, 0.3) is 22.3 Å². The molecule has 3 unspecified atom stereocenters. The Labute approximate surface area is 245 Å². The Morgan fingerprint density at radius 2 is 1.53 bits per heavy atom. The van der Waals surface area contributed by atoms with E-state index in [0.29, 0.717) is 29.0 Å². The summed E-state index contributed by atoms with van der Waals surface area (Å²) in [5.74, 6) is 3.14. The lowest BCUT2D eigenvalue weighted by Gasteiger charge is -2.40. The van der Waals surface area contributed by atoms with Crippen molar-refractivity contribution in [3.05, 3.63) is 89.0 Å². The highest BCUT2D eigenvalue weighted by Gasteiger charge is 2.43. The molecule has 43 heavy (non-hydrogen) atoms. The van der Waals surface area contributed by atoms with E-state index in [1.165, 1.54) is 24.3 Å². The molecule has 0 bridgehead atoms. The second-order valence-corrected chi connectivity index (χ2v) is 10.4. The van der Waals surface area contributed by atoms with Crippen LogP contribution in [-0.4, -0.2) is 40.7 Å². The normalized spacial score (nSPS) is 19.2. The fraction of sp³-hybridized carbons (Fsp3) is 0.212. The molecule has 1 aromatic heterocycles. The summed E-state index contributed by atoms with van der Waals surface area (Å²) in [4.78, 5) is 0. The van der Waals surface area contributed by atoms with Crippen molar-refractivity contribution in [3.63, 3.8) is 0 Å². The van der Waals surface area contributed by atoms with Gasteiger partial charge in [-0.1, -0.05) is 0 Å². The van der Waals surface area contributed by atoms with E-state index in [-0.39, 0.29) is 23.9 Å². The number of fused-ring (bicyclic) bond motifs is 9. The summed E-state index contributed by atoms with van der Waals surface area (Å²) >= 11 is 0. The second kappa shape index (κ2) is 10.3. The third-order valence-corrected chi connectivity index (χ3v) is 7.96. The maximum Gasteiger partial charge on any atom is 0.157 e. The molecule has 10 heteroatoms. The minimum atomic E-state index is -0.904. The van der Waals surface area contributed by atoms with Crippen LogP contribution in [0.5, 0.6) is 40.2 Å². The first-order chi connectivity index (χ1) is 20.8. The SMILES string of the molecule is COc1ccc2c(c1)OCc1c-2oc2cc(OC)ccc12.Oc1ccc2c(c1)OC1c3cc(O)c(O)cc3COC1C2O. The zero-order valence-corrected chi connectivity index (χ0v) is 23.2. The first kappa shape index (κ1) is 26.8. The summed E-state index contributed by atoms with van der Waals surface area (Å²) in [7, 11) is 3.29. The third-order valence-electron chi connectivity index (χ3n) is 7.96. The molecule has 4 N–H and O–H groups in total. The predicted octanol–water partition coefficient (Wildman–Crippen LogP) is 5.88. The van der Waals surface area contributed by atoms with Crippen molar-refractivity contribution in [2.75, 3.05) is 14.2 Å². The molecule has 10 nitrogen and oxygen atoms in total. The fourth-order valence-corrected chi connectivity index (χ4v) is 5.75. The van der Waals surface area contributed by atoms with E-state index in [1.54, 1.807) is 20.3 Å². The summed E-state index contributed by atoms with van der Waals surface area (Å²) in [5.41, 5.74) is 4.72. The van der Waals surface area contributed by atoms with Crippen LogP contribution in [0.1, 0.15) is 34.5 Å². The van der Waals surface area contributed by atoms with Gasteiger partial charge in [-0.25, -0.2) is 0 Å². The van der Waals surface area contributed by atoms with Gasteiger partial charge in [-0.05, 0) is 54.1 Å². The van der Waals surface area contributed by atoms with Gasteiger partial charge in [-0.2, -0.15) is 0 Å². The standard InChI is InChI=1S/C17H14O4.C16H14O6/c1-18-10-4-6-13-15(7-10)20-9-14-12-5-3-11(19-2)8-16(12)21-17(13)14;17-8-1-2-9-13(4-8)22-15-10-5-12(19)11(18)3-7(10)6-21-16(15)14(9)20/h3-8H,9H2,1-2H3;1-5,14-20H,6H2. The van der Waals surface area contributed by atoms with Crippen LogP contribution in [0.15, 0.2) is 71.1 Å². The Bertz CT molecular complexity index is 1860. The molecule has 0 fully saturated rings. The van der Waals surface area contributed by atoms with Crippen LogP contribution < -0.4 is 18.9 Å². The molecule has 8 rings (SSSR count). The maximum absolute atomic E-state index is 10.5. The first-order valence-corrected chi connectivity index (χ1v) is 13.6. The van der Waals surface area contributed by atoms with Crippen molar-refractivity contribution in [1.82, 2.24) is 0 Å². The highest BCUT2D eigenvalue weighted by Crippen LogP contribution is 2.48. The first-order valence-electron chi connectivity index (χ1n) is 13.6. The van der Waals surface area contributed by atoms with Crippen LogP contribution in [0.3, 0.4) is 0 Å². The molecule has 0 amide bonds. The summed E-state index contributed by atoms with van der Waals surface area (Å²) in [6, 6.07) is 18.9. The quantitative estimate of drug-likeness (QED) is 0.186. The van der Waals surface area contributed by atoms with Gasteiger partial charge in [-0.3, -0.25) is 0 Å². The average Bonchev–Trinajstić information content (AvgIpc) is 3.40. The lowest BCUT2D eigenvalue weighted by Crippen LogP contribution is -2.39. The van der Waals surface area contributed by atoms with Crippen molar-refractivity contribution in [3.8, 4) is 51.6 Å². The number of phenols is 3. The van der Waals surface area contributed by atoms with Gasteiger partial charge in [0.05, 0.1) is 26.4 Å². The van der Waals surface area contributed by atoms with E-state index in [9.17, 15) is 20.4 Å². The van der Waals surface area contributed by atoms with Crippen LogP contribution in [0.4, 0.5) is 0 Å². The van der Waals surface area contributed by atoms with Crippen LogP contribution in [0.2, 0.25) is 0 Å². The summed E-state index contributed by atoms with van der Waals surface area (Å²) in [6.07, 6.45) is -2.15. The van der Waals surface area contributed by atoms with Crippen molar-refractivity contribution in [2.45, 2.75) is 31.5 Å². The lowest BCUT2D eigenvalue weighted by atomic mass is 9.87. The van der Waals surface area contributed by atoms with E-state index >= 15 is 0 Å². The number of hydrogen-bond donors (Lipinski definition) is 4. The lowest BCUT2D eigenvalue weighted by molar-refractivity contribution is -0.127. The Kier molecular flexibility index (Phi) is 6.45. The Hall–Kier alpha value is -5.06. The minimum absolute atomic E-state index is 0.0369. The van der Waals surface area contributed by atoms with Gasteiger partial charge in [0.25, 0.3) is 0 Å². The van der Waals surface area contributed by atoms with Crippen LogP contribution >= 0.6 is 0 Å². The molecule has 4 aromatic carbocycles. The number of furan rings is 1. The van der Waals surface area contributed by atoms with Gasteiger partial charge < -0.3 is 48.5 Å². The zero-order chi connectivity index (χ0) is 29.8. The molecule has 0 saturated carbocycles. The van der Waals surface area contributed by atoms with Gasteiger partial charge in [0.15, 0.2) is 17.6 Å². The molecular formula is C33H28O10. The highest BCUT2D eigenvalue weighted by molar-refractivity contribution is 5.90. The van der Waals surface area contributed by atoms with Crippen molar-refractivity contribution in [1.29, 1.82) is 0 Å². The Morgan fingerprint density at radius 3 is 2.35 bits per heavy atom. The van der Waals surface area contributed by atoms with Gasteiger partial charge in [-0.15, -0.1) is 0 Å². The van der Waals surface area contributed by atoms with Gasteiger partial charge in [0.1, 0.15) is 58.9 Å². The number of benzene rings is 4. The number of ether oxygens (including phenoxy) is 5. The number of methoxy groups -OCH3 is 2. The molecule has 0 spiro atoms. The van der Waals surface area contributed by atoms with Crippen molar-refractivity contribution in [2.24, 2.45) is 0 Å². The van der Waals surface area contributed by atoms with E-state index in [1.807, 2.05) is 36.4 Å². The molecule has 3 atom stereocenters. The van der Waals surface area contributed by atoms with Crippen molar-refractivity contribution >= 4 is 11.0 Å². The number of rotatable bonds is 2. The predicted molar refractivity (Wildman–Crippen MR) is 154 cm³/mol. The number of aliphatic hydroxyl groups is 1. The molecule has 3 aliphatic rings. The van der Waals surface area contributed by atoms with Crippen molar-refractivity contribution < 1.29 is 48.5 Å². The van der Waals surface area contributed by atoms with Crippen LogP contribution in [0, 0.1) is 0 Å². The van der Waals surface area contributed by atoms with E-state index in [4.69, 9.17) is 28.1 Å². The number of aliphatic hydroxyl groups excluding tert-OH is 1. The third kappa shape index (κ3) is 4.52. The molecule has 4 heterocycles. The number of aromatic hydroxyl groups is 3. The Balaban J connectivity index is 0.000000140. The van der Waals surface area contributed by atoms with Gasteiger partial charge >= 0.3 is 0 Å². The molecule has 220 valence electrons. The average molecular weight is 585 g/mol. The zero-order valence-electron chi connectivity index (χ0n) is 23.2. The maximum atomic E-state index is 10.5. The molecular weight excluding hydrogens is 556 g/mol. The number of hydrogen-bond acceptors (Lipinski definition) is 10. The molecule has 5 aromatic rings. The van der Waals surface area contributed by atoms with Gasteiger partial charge in [0, 0.05) is 40.3 Å². The molecule has 3 aliphatic heterocycles. The smallest absolute Gasteiger partial charge is 0.157 e. The summed E-state index contributed by atoms with van der Waals surface area (Å²) in [5, 5.41) is 40.5. The topological polar surface area (TPSA) is 140 Å². The largest absolute Gasteiger partial charge is 0.508 e. The highest BCUT2D eigenvalue weighted by atomic mass is 16.6. The summed E-state index contributed by atoms with van der Waals surface area (Å²) < 4.78 is 33.9. The van der Waals surface area contributed by atoms with Gasteiger partial charge in [0.2, 0.25) is 0 Å². The summed E-state index contributed by atoms with van der Waals surface area (Å²) in [6.45, 7) is 0.701. The van der Waals surface area contributed by atoms with E-state index in [0.717, 1.165) is 45.1 Å². The molecule has 0 saturated heterocycles. The fourth-order valence-electron chi connectivity index (χ4n) is 5.75. The number of phenolic OH excluding ortho intramolecular Hbond substituents is 3. The minimum Gasteiger partial charge on any atom is -0.508 e. The molecule has 0 radical (unpaired) electrons. The Morgan fingerprint density at radius 1 is 0.767 bits per heavy atom. The monoisotopic (exact) mass is 584 g/mol. The van der Waals surface area contributed by atoms with E-state index in [2.05, 4.69) is 0 Å². The second-order valence-electron chi connectivity index (χ2n) is 10.4. The van der Waals surface area contributed by atoms with E-state index < -0.39 is 18.3 Å². The van der Waals surface area contributed by atoms with Crippen LogP contribution in [-0.2, 0) is 18.0 Å².